The minimum Gasteiger partial charge on any atom is -0.492 e. The van der Waals surface area contributed by atoms with Gasteiger partial charge in [-0.15, -0.1) is 0 Å². The second kappa shape index (κ2) is 7.59. The number of rotatable bonds is 7. The lowest BCUT2D eigenvalue weighted by molar-refractivity contribution is 0.386. The van der Waals surface area contributed by atoms with Crippen molar-refractivity contribution in [1.29, 1.82) is 5.26 Å². The number of aromatic hydroxyl groups is 1. The molecule has 0 bridgehead atoms. The third-order valence-corrected chi connectivity index (χ3v) is 3.30. The Morgan fingerprint density at radius 2 is 1.85 bits per heavy atom. The maximum absolute atomic E-state index is 12.1. The van der Waals surface area contributed by atoms with E-state index in [9.17, 15) is 9.90 Å². The van der Waals surface area contributed by atoms with E-state index in [2.05, 4.69) is 13.8 Å². The fraction of sp³-hybridized carbons (Fsp3) is 0.600. The van der Waals surface area contributed by atoms with Crippen LogP contribution in [-0.2, 0) is 0 Å². The van der Waals surface area contributed by atoms with Crippen LogP contribution in [0.5, 0.6) is 5.88 Å². The first-order valence-corrected chi connectivity index (χ1v) is 7.17. The van der Waals surface area contributed by atoms with Gasteiger partial charge in [0.1, 0.15) is 11.6 Å². The van der Waals surface area contributed by atoms with E-state index >= 15 is 0 Å². The zero-order chi connectivity index (χ0) is 15.1. The Bertz CT molecular complexity index is 535. The molecule has 0 spiro atoms. The number of aryl methyl sites for hydroxylation is 1. The van der Waals surface area contributed by atoms with Gasteiger partial charge in [-0.25, -0.2) is 0 Å². The Labute approximate surface area is 120 Å². The molecule has 1 aromatic heterocycles. The molecule has 1 heterocycles. The summed E-state index contributed by atoms with van der Waals surface area (Å²) in [6.07, 6.45) is 3.89. The van der Waals surface area contributed by atoms with Crippen molar-refractivity contribution in [3.05, 3.63) is 27.5 Å². The second-order valence-electron chi connectivity index (χ2n) is 4.95. The second-order valence-corrected chi connectivity index (χ2v) is 4.95. The van der Waals surface area contributed by atoms with Crippen molar-refractivity contribution >= 4 is 0 Å². The van der Waals surface area contributed by atoms with Gasteiger partial charge in [-0.1, -0.05) is 26.7 Å². The van der Waals surface area contributed by atoms with Gasteiger partial charge in [0.25, 0.3) is 5.56 Å². The Kier molecular flexibility index (Phi) is 6.10. The van der Waals surface area contributed by atoms with Crippen molar-refractivity contribution in [1.82, 2.24) is 4.68 Å². The van der Waals surface area contributed by atoms with Crippen molar-refractivity contribution < 1.29 is 5.11 Å². The van der Waals surface area contributed by atoms with Crippen LogP contribution in [0.3, 0.4) is 0 Å². The van der Waals surface area contributed by atoms with Crippen LogP contribution < -0.4 is 10.6 Å². The lowest BCUT2D eigenvalue weighted by Gasteiger charge is -2.27. The fourth-order valence-corrected chi connectivity index (χ4v) is 2.11. The summed E-state index contributed by atoms with van der Waals surface area (Å²) in [6, 6.07) is 3.37. The monoisotopic (exact) mass is 277 g/mol. The largest absolute Gasteiger partial charge is 0.492 e. The van der Waals surface area contributed by atoms with E-state index in [0.717, 1.165) is 25.7 Å². The highest BCUT2D eigenvalue weighted by atomic mass is 16.3. The van der Waals surface area contributed by atoms with Gasteiger partial charge >= 0.3 is 0 Å². The van der Waals surface area contributed by atoms with Crippen LogP contribution in [0.2, 0.25) is 0 Å². The molecule has 0 aliphatic rings. The molecule has 0 saturated heterocycles. The summed E-state index contributed by atoms with van der Waals surface area (Å²) >= 11 is 0. The molecule has 5 heteroatoms. The van der Waals surface area contributed by atoms with E-state index in [1.807, 2.05) is 11.1 Å². The van der Waals surface area contributed by atoms with Crippen LogP contribution in [0.15, 0.2) is 10.9 Å². The molecule has 20 heavy (non-hydrogen) atoms. The van der Waals surface area contributed by atoms with Gasteiger partial charge in [-0.3, -0.25) is 4.79 Å². The van der Waals surface area contributed by atoms with Gasteiger partial charge < -0.3 is 10.1 Å². The molecule has 0 unspecified atom stereocenters. The van der Waals surface area contributed by atoms with E-state index in [-0.39, 0.29) is 17.0 Å². The summed E-state index contributed by atoms with van der Waals surface area (Å²) < 4.78 is 1.25. The van der Waals surface area contributed by atoms with Crippen LogP contribution in [0.4, 0.5) is 0 Å². The number of nitriles is 1. The van der Waals surface area contributed by atoms with E-state index in [0.29, 0.717) is 18.7 Å². The van der Waals surface area contributed by atoms with Crippen LogP contribution in [0, 0.1) is 18.3 Å². The quantitative estimate of drug-likeness (QED) is 0.830. The van der Waals surface area contributed by atoms with Crippen LogP contribution >= 0.6 is 0 Å². The Morgan fingerprint density at radius 1 is 1.30 bits per heavy atom. The third kappa shape index (κ3) is 3.53. The fourth-order valence-electron chi connectivity index (χ4n) is 2.11. The lowest BCUT2D eigenvalue weighted by atomic mass is 10.2. The number of aromatic nitrogens is 1. The van der Waals surface area contributed by atoms with Gasteiger partial charge in [0.05, 0.1) is 0 Å². The molecule has 0 radical (unpaired) electrons. The first-order chi connectivity index (χ1) is 9.56. The van der Waals surface area contributed by atoms with Crippen LogP contribution in [0.1, 0.15) is 50.7 Å². The number of hydrogen-bond donors (Lipinski definition) is 1. The highest BCUT2D eigenvalue weighted by Crippen LogP contribution is 2.18. The highest BCUT2D eigenvalue weighted by Gasteiger charge is 2.17. The summed E-state index contributed by atoms with van der Waals surface area (Å²) in [6.45, 7) is 7.20. The molecule has 0 aromatic carbocycles. The topological polar surface area (TPSA) is 69.3 Å². The minimum atomic E-state index is -0.286. The van der Waals surface area contributed by atoms with Gasteiger partial charge in [0.2, 0.25) is 5.88 Å². The zero-order valence-electron chi connectivity index (χ0n) is 12.5. The zero-order valence-corrected chi connectivity index (χ0v) is 12.5. The summed E-state index contributed by atoms with van der Waals surface area (Å²) in [5.74, 6) is -0.246. The van der Waals surface area contributed by atoms with Gasteiger partial charge in [-0.05, 0) is 25.3 Å². The predicted octanol–water partition coefficient (Wildman–Crippen LogP) is 2.27. The summed E-state index contributed by atoms with van der Waals surface area (Å²) in [4.78, 5) is 12.1. The first-order valence-electron chi connectivity index (χ1n) is 7.17. The smallest absolute Gasteiger partial charge is 0.272 e. The molecule has 0 aliphatic carbocycles. The Balaban J connectivity index is 3.25. The average molecular weight is 277 g/mol. The summed E-state index contributed by atoms with van der Waals surface area (Å²) in [5, 5.41) is 21.2. The van der Waals surface area contributed by atoms with Crippen LogP contribution in [-0.4, -0.2) is 22.9 Å². The molecule has 0 saturated carbocycles. The van der Waals surface area contributed by atoms with E-state index in [4.69, 9.17) is 5.26 Å². The molecule has 0 aliphatic heterocycles. The number of hydrogen-bond acceptors (Lipinski definition) is 4. The average Bonchev–Trinajstić information content (AvgIpc) is 2.41. The maximum atomic E-state index is 12.1. The summed E-state index contributed by atoms with van der Waals surface area (Å²) in [7, 11) is 0. The minimum absolute atomic E-state index is 0.169. The van der Waals surface area contributed by atoms with Gasteiger partial charge in [0.15, 0.2) is 0 Å². The van der Waals surface area contributed by atoms with Gasteiger partial charge in [-0.2, -0.15) is 9.94 Å². The van der Waals surface area contributed by atoms with E-state index < -0.39 is 0 Å². The van der Waals surface area contributed by atoms with Crippen molar-refractivity contribution in [2.24, 2.45) is 0 Å². The molecule has 1 aromatic rings. The molecule has 110 valence electrons. The van der Waals surface area contributed by atoms with Crippen molar-refractivity contribution in [2.75, 3.05) is 18.1 Å². The van der Waals surface area contributed by atoms with Crippen LogP contribution in [0.25, 0.3) is 0 Å². The summed E-state index contributed by atoms with van der Waals surface area (Å²) in [5.41, 5.74) is 0.394. The molecule has 5 nitrogen and oxygen atoms in total. The molecule has 0 atom stereocenters. The standard InChI is InChI=1S/C15H23N3O2/c1-4-6-8-17(9-7-5-2)18-14(19)10-12(3)13(11-16)15(18)20/h10,20H,4-9H2,1-3H3. The van der Waals surface area contributed by atoms with Crippen molar-refractivity contribution in [3.8, 4) is 11.9 Å². The molecule has 1 N–H and O–H groups in total. The van der Waals surface area contributed by atoms with Crippen molar-refractivity contribution in [2.45, 2.75) is 46.5 Å². The Hall–Kier alpha value is -1.96. The lowest BCUT2D eigenvalue weighted by Crippen LogP contribution is -2.43. The number of nitrogens with zero attached hydrogens (tertiary/aromatic N) is 3. The maximum Gasteiger partial charge on any atom is 0.272 e. The van der Waals surface area contributed by atoms with Gasteiger partial charge in [0, 0.05) is 19.2 Å². The number of pyridine rings is 1. The van der Waals surface area contributed by atoms with E-state index in [1.165, 1.54) is 10.7 Å². The number of unbranched alkanes of at least 4 members (excludes halogenated alkanes) is 2. The molecule has 0 fully saturated rings. The SMILES string of the molecule is CCCCN(CCCC)n1c(O)c(C#N)c(C)cc1=O. The third-order valence-electron chi connectivity index (χ3n) is 3.30. The molecule has 0 amide bonds. The highest BCUT2D eigenvalue weighted by molar-refractivity contribution is 5.44. The first kappa shape index (κ1) is 16.1. The predicted molar refractivity (Wildman–Crippen MR) is 79.6 cm³/mol. The molecule has 1 rings (SSSR count). The molecular weight excluding hydrogens is 254 g/mol. The van der Waals surface area contributed by atoms with Crippen molar-refractivity contribution in [3.63, 3.8) is 0 Å². The van der Waals surface area contributed by atoms with E-state index in [1.54, 1.807) is 6.92 Å². The molecular formula is C15H23N3O2. The normalized spacial score (nSPS) is 10.3. The Morgan fingerprint density at radius 3 is 2.30 bits per heavy atom.